The minimum absolute atomic E-state index is 0.0684. The number of nitriles is 1. The number of thioether (sulfide) groups is 1. The maximum atomic E-state index is 14.7. The zero-order valence-electron chi connectivity index (χ0n) is 20.1. The minimum Gasteiger partial charge on any atom is -0.342 e. The molecule has 2 N–H and O–H groups in total. The Morgan fingerprint density at radius 3 is 1.97 bits per heavy atom. The lowest BCUT2D eigenvalue weighted by atomic mass is 9.95. The molecule has 1 aliphatic carbocycles. The molecule has 1 saturated carbocycles. The average Bonchev–Trinajstić information content (AvgIpc) is 3.61. The predicted octanol–water partition coefficient (Wildman–Crippen LogP) is 6.49. The van der Waals surface area contributed by atoms with Crippen LogP contribution in [0.15, 0.2) is 53.4 Å². The average molecular weight is 526 g/mol. The lowest BCUT2D eigenvalue weighted by molar-refractivity contribution is -0.293. The molecule has 2 aromatic carbocycles. The SMILES string of the molecule is CSc1ccc(-c2ccc([C@H](NC(=O)[C@H](CC(C)C)NC3(C#N)CC3)C(F)(F)C(F)(F)F)cc2)cc1. The number of carbonyl (C=O) groups excluding carboxylic acids is 1. The van der Waals surface area contributed by atoms with Crippen LogP contribution >= 0.6 is 11.8 Å². The molecule has 1 fully saturated rings. The third kappa shape index (κ3) is 6.37. The van der Waals surface area contributed by atoms with Crippen LogP contribution in [0.5, 0.6) is 0 Å². The van der Waals surface area contributed by atoms with Crippen LogP contribution in [0, 0.1) is 17.2 Å². The first kappa shape index (κ1) is 27.9. The van der Waals surface area contributed by atoms with E-state index in [4.69, 9.17) is 0 Å². The van der Waals surface area contributed by atoms with Gasteiger partial charge >= 0.3 is 12.1 Å². The van der Waals surface area contributed by atoms with E-state index in [0.29, 0.717) is 18.4 Å². The van der Waals surface area contributed by atoms with Gasteiger partial charge in [-0.05, 0) is 60.3 Å². The van der Waals surface area contributed by atoms with Gasteiger partial charge in [-0.2, -0.15) is 27.2 Å². The molecule has 1 aliphatic rings. The molecule has 0 unspecified atom stereocenters. The zero-order valence-corrected chi connectivity index (χ0v) is 20.9. The molecular weight excluding hydrogens is 497 g/mol. The Morgan fingerprint density at radius 2 is 1.56 bits per heavy atom. The fourth-order valence-corrected chi connectivity index (χ4v) is 4.30. The molecule has 36 heavy (non-hydrogen) atoms. The van der Waals surface area contributed by atoms with Crippen LogP contribution in [-0.2, 0) is 4.79 Å². The van der Waals surface area contributed by atoms with Crippen LogP contribution in [0.25, 0.3) is 11.1 Å². The molecule has 0 bridgehead atoms. The van der Waals surface area contributed by atoms with Crippen molar-refractivity contribution < 1.29 is 26.7 Å². The summed E-state index contributed by atoms with van der Waals surface area (Å²) in [5, 5.41) is 14.2. The Kier molecular flexibility index (Phi) is 8.36. The predicted molar refractivity (Wildman–Crippen MR) is 130 cm³/mol. The molecule has 4 nitrogen and oxygen atoms in total. The Labute approximate surface area is 211 Å². The van der Waals surface area contributed by atoms with Crippen molar-refractivity contribution in [2.45, 2.75) is 67.7 Å². The summed E-state index contributed by atoms with van der Waals surface area (Å²) < 4.78 is 69.6. The highest BCUT2D eigenvalue weighted by Crippen LogP contribution is 2.45. The second-order valence-corrected chi connectivity index (χ2v) is 10.3. The summed E-state index contributed by atoms with van der Waals surface area (Å²) in [4.78, 5) is 14.0. The van der Waals surface area contributed by atoms with Crippen molar-refractivity contribution in [2.24, 2.45) is 5.92 Å². The van der Waals surface area contributed by atoms with Gasteiger partial charge in [-0.1, -0.05) is 50.2 Å². The Hall–Kier alpha value is -2.64. The number of rotatable bonds is 10. The highest BCUT2D eigenvalue weighted by atomic mass is 32.2. The number of nitrogens with one attached hydrogen (secondary N) is 2. The van der Waals surface area contributed by atoms with Gasteiger partial charge < -0.3 is 5.32 Å². The number of hydrogen-bond acceptors (Lipinski definition) is 4. The molecule has 10 heteroatoms. The summed E-state index contributed by atoms with van der Waals surface area (Å²) in [5.41, 5.74) is 0.0811. The van der Waals surface area contributed by atoms with Gasteiger partial charge in [0.1, 0.15) is 11.6 Å². The standard InChI is InChI=1S/C26H28F5N3OS/c1-16(2)14-21(34-24(15-32)12-13-24)23(35)33-22(25(27,28)26(29,30)31)19-6-4-17(5-7-19)18-8-10-20(36-3)11-9-18/h4-11,16,21-22,34H,12-14H2,1-3H3,(H,33,35)/t21-,22-/m0/s1. The van der Waals surface area contributed by atoms with Gasteiger partial charge in [0.25, 0.3) is 0 Å². The van der Waals surface area contributed by atoms with Crippen LogP contribution in [0.1, 0.15) is 44.7 Å². The summed E-state index contributed by atoms with van der Waals surface area (Å²) in [7, 11) is 0. The number of alkyl halides is 5. The second kappa shape index (κ2) is 10.8. The number of amides is 1. The molecule has 194 valence electrons. The fourth-order valence-electron chi connectivity index (χ4n) is 3.89. The Bertz CT molecular complexity index is 1090. The molecular formula is C26H28F5N3OS. The van der Waals surface area contributed by atoms with E-state index in [-0.39, 0.29) is 17.9 Å². The van der Waals surface area contributed by atoms with E-state index in [1.807, 2.05) is 35.8 Å². The Morgan fingerprint density at radius 1 is 1.03 bits per heavy atom. The van der Waals surface area contributed by atoms with E-state index < -0.39 is 35.6 Å². The van der Waals surface area contributed by atoms with Gasteiger partial charge in [-0.25, -0.2) is 0 Å². The highest BCUT2D eigenvalue weighted by molar-refractivity contribution is 7.98. The van der Waals surface area contributed by atoms with E-state index in [0.717, 1.165) is 10.5 Å². The van der Waals surface area contributed by atoms with Crippen molar-refractivity contribution in [3.05, 3.63) is 54.1 Å². The quantitative estimate of drug-likeness (QED) is 0.275. The molecule has 0 spiro atoms. The number of carbonyl (C=O) groups is 1. The summed E-state index contributed by atoms with van der Waals surface area (Å²) >= 11 is 1.55. The Balaban J connectivity index is 1.91. The van der Waals surface area contributed by atoms with Gasteiger partial charge in [0.05, 0.1) is 12.1 Å². The van der Waals surface area contributed by atoms with Gasteiger partial charge in [-0.3, -0.25) is 10.1 Å². The topological polar surface area (TPSA) is 64.9 Å². The smallest absolute Gasteiger partial charge is 0.342 e. The maximum Gasteiger partial charge on any atom is 0.455 e. The molecule has 2 aromatic rings. The molecule has 1 amide bonds. The van der Waals surface area contributed by atoms with E-state index in [1.165, 1.54) is 24.3 Å². The van der Waals surface area contributed by atoms with Crippen LogP contribution in [0.2, 0.25) is 0 Å². The van der Waals surface area contributed by atoms with Crippen LogP contribution in [0.3, 0.4) is 0 Å². The second-order valence-electron chi connectivity index (χ2n) is 9.43. The third-order valence-corrected chi connectivity index (χ3v) is 6.88. The summed E-state index contributed by atoms with van der Waals surface area (Å²) in [6, 6.07) is 11.0. The van der Waals surface area contributed by atoms with Crippen molar-refractivity contribution >= 4 is 17.7 Å². The monoisotopic (exact) mass is 525 g/mol. The normalized spacial score (nSPS) is 16.8. The van der Waals surface area contributed by atoms with Crippen molar-refractivity contribution in [2.75, 3.05) is 6.26 Å². The lowest BCUT2D eigenvalue weighted by Crippen LogP contribution is -2.55. The molecule has 0 aromatic heterocycles. The van der Waals surface area contributed by atoms with Crippen LogP contribution in [-0.4, -0.2) is 35.8 Å². The first-order valence-electron chi connectivity index (χ1n) is 11.5. The highest BCUT2D eigenvalue weighted by Gasteiger charge is 2.63. The van der Waals surface area contributed by atoms with Crippen LogP contribution in [0.4, 0.5) is 22.0 Å². The molecule has 0 saturated heterocycles. The summed E-state index contributed by atoms with van der Waals surface area (Å²) in [6.07, 6.45) is -2.84. The summed E-state index contributed by atoms with van der Waals surface area (Å²) in [6.45, 7) is 3.58. The largest absolute Gasteiger partial charge is 0.455 e. The van der Waals surface area contributed by atoms with Crippen molar-refractivity contribution in [1.82, 2.24) is 10.6 Å². The number of nitrogens with zero attached hydrogens (tertiary/aromatic N) is 1. The number of benzene rings is 2. The van der Waals surface area contributed by atoms with Crippen molar-refractivity contribution in [3.8, 4) is 17.2 Å². The third-order valence-electron chi connectivity index (χ3n) is 6.13. The minimum atomic E-state index is -5.89. The summed E-state index contributed by atoms with van der Waals surface area (Å²) in [5.74, 6) is -6.30. The van der Waals surface area contributed by atoms with E-state index in [2.05, 4.69) is 11.4 Å². The van der Waals surface area contributed by atoms with E-state index in [9.17, 15) is 32.0 Å². The van der Waals surface area contributed by atoms with Gasteiger partial charge in [0.15, 0.2) is 0 Å². The maximum absolute atomic E-state index is 14.7. The van der Waals surface area contributed by atoms with Gasteiger partial charge in [0, 0.05) is 4.90 Å². The number of hydrogen-bond donors (Lipinski definition) is 2. The molecule has 0 radical (unpaired) electrons. The van der Waals surface area contributed by atoms with Gasteiger partial charge in [0.2, 0.25) is 5.91 Å². The van der Waals surface area contributed by atoms with Crippen molar-refractivity contribution in [3.63, 3.8) is 0 Å². The van der Waals surface area contributed by atoms with Gasteiger partial charge in [-0.15, -0.1) is 11.8 Å². The fraction of sp³-hybridized carbons (Fsp3) is 0.462. The zero-order chi connectivity index (χ0) is 26.7. The molecule has 0 aliphatic heterocycles. The lowest BCUT2D eigenvalue weighted by Gasteiger charge is -2.32. The molecule has 3 rings (SSSR count). The van der Waals surface area contributed by atoms with E-state index in [1.54, 1.807) is 25.6 Å². The number of halogens is 5. The van der Waals surface area contributed by atoms with Crippen LogP contribution < -0.4 is 10.6 Å². The van der Waals surface area contributed by atoms with Crippen molar-refractivity contribution in [1.29, 1.82) is 5.26 Å². The molecule has 0 heterocycles. The first-order valence-corrected chi connectivity index (χ1v) is 12.7. The molecule has 2 atom stereocenters. The first-order chi connectivity index (χ1) is 16.8. The van der Waals surface area contributed by atoms with E-state index >= 15 is 0 Å².